The van der Waals surface area contributed by atoms with Crippen LogP contribution in [0.15, 0.2) is 23.1 Å². The van der Waals surface area contributed by atoms with Gasteiger partial charge in [-0.15, -0.1) is 0 Å². The summed E-state index contributed by atoms with van der Waals surface area (Å²) in [5.41, 5.74) is -0.211. The van der Waals surface area contributed by atoms with E-state index in [2.05, 4.69) is 4.72 Å². The largest absolute Gasteiger partial charge is 0.478 e. The van der Waals surface area contributed by atoms with E-state index in [-0.39, 0.29) is 15.5 Å². The van der Waals surface area contributed by atoms with Crippen LogP contribution in [0, 0.1) is 5.92 Å². The number of hydrogen-bond acceptors (Lipinski definition) is 3. The van der Waals surface area contributed by atoms with Gasteiger partial charge in [0.1, 0.15) is 0 Å². The van der Waals surface area contributed by atoms with Crippen LogP contribution in [0.5, 0.6) is 0 Å². The van der Waals surface area contributed by atoms with E-state index in [1.807, 2.05) is 0 Å². The first-order chi connectivity index (χ1) is 9.90. The van der Waals surface area contributed by atoms with Gasteiger partial charge in [0.05, 0.1) is 15.5 Å². The number of carboxylic acid groups (broad SMARTS) is 1. The van der Waals surface area contributed by atoms with Gasteiger partial charge in [0.15, 0.2) is 0 Å². The Morgan fingerprint density at radius 3 is 2.57 bits per heavy atom. The van der Waals surface area contributed by atoms with Gasteiger partial charge in [0.2, 0.25) is 10.0 Å². The van der Waals surface area contributed by atoms with Crippen molar-refractivity contribution in [3.63, 3.8) is 0 Å². The molecule has 0 saturated heterocycles. The molecule has 1 saturated carbocycles. The van der Waals surface area contributed by atoms with E-state index in [9.17, 15) is 13.2 Å². The maximum atomic E-state index is 12.2. The first-order valence-corrected chi connectivity index (χ1v) is 8.79. The van der Waals surface area contributed by atoms with Gasteiger partial charge in [-0.1, -0.05) is 30.9 Å². The average molecular weight is 332 g/mol. The van der Waals surface area contributed by atoms with Gasteiger partial charge in [-0.25, -0.2) is 17.9 Å². The Kier molecular flexibility index (Phi) is 5.24. The van der Waals surface area contributed by atoms with Crippen molar-refractivity contribution in [1.82, 2.24) is 4.72 Å². The van der Waals surface area contributed by atoms with Crippen LogP contribution in [0.2, 0.25) is 5.02 Å². The molecule has 2 N–H and O–H groups in total. The van der Waals surface area contributed by atoms with Crippen molar-refractivity contribution < 1.29 is 18.3 Å². The monoisotopic (exact) mass is 331 g/mol. The summed E-state index contributed by atoms with van der Waals surface area (Å²) in [4.78, 5) is 10.9. The molecule has 0 heterocycles. The number of nitrogens with one attached hydrogen (secondary N) is 1. The molecule has 0 unspecified atom stereocenters. The van der Waals surface area contributed by atoms with Gasteiger partial charge in [-0.05, 0) is 37.0 Å². The van der Waals surface area contributed by atoms with E-state index >= 15 is 0 Å². The SMILES string of the molecule is O=C(O)c1cc(S(=O)(=O)NCC2CCCCC2)ccc1Cl. The van der Waals surface area contributed by atoms with E-state index < -0.39 is 16.0 Å². The first kappa shape index (κ1) is 16.3. The third-order valence-corrected chi connectivity index (χ3v) is 5.52. The normalized spacial score (nSPS) is 16.8. The Bertz CT molecular complexity index is 624. The number of sulfonamides is 1. The molecule has 1 aliphatic rings. The molecule has 2 rings (SSSR count). The van der Waals surface area contributed by atoms with Gasteiger partial charge in [0, 0.05) is 6.54 Å². The van der Waals surface area contributed by atoms with Crippen molar-refractivity contribution in [2.75, 3.05) is 6.54 Å². The fraction of sp³-hybridized carbons (Fsp3) is 0.500. The summed E-state index contributed by atoms with van der Waals surface area (Å²) in [6, 6.07) is 3.70. The summed E-state index contributed by atoms with van der Waals surface area (Å²) in [7, 11) is -3.70. The molecule has 116 valence electrons. The zero-order valence-corrected chi connectivity index (χ0v) is 13.1. The third-order valence-electron chi connectivity index (χ3n) is 3.77. The summed E-state index contributed by atoms with van der Waals surface area (Å²) in [5, 5.41) is 9.01. The van der Waals surface area contributed by atoms with Crippen LogP contribution in [-0.2, 0) is 10.0 Å². The smallest absolute Gasteiger partial charge is 0.337 e. The minimum absolute atomic E-state index is 0.0220. The highest BCUT2D eigenvalue weighted by Crippen LogP contribution is 2.24. The average Bonchev–Trinajstić information content (AvgIpc) is 2.46. The van der Waals surface area contributed by atoms with E-state index in [0.29, 0.717) is 12.5 Å². The molecule has 0 aliphatic heterocycles. The standard InChI is InChI=1S/C14H18ClNO4S/c15-13-7-6-11(8-12(13)14(17)18)21(19,20)16-9-10-4-2-1-3-5-10/h6-8,10,16H,1-5,9H2,(H,17,18). The maximum Gasteiger partial charge on any atom is 0.337 e. The van der Waals surface area contributed by atoms with Crippen LogP contribution in [0.25, 0.3) is 0 Å². The summed E-state index contributed by atoms with van der Waals surface area (Å²) in [6.45, 7) is 0.396. The molecule has 0 aromatic heterocycles. The molecule has 0 spiro atoms. The van der Waals surface area contributed by atoms with E-state index in [1.165, 1.54) is 18.6 Å². The van der Waals surface area contributed by atoms with E-state index in [1.54, 1.807) is 0 Å². The lowest BCUT2D eigenvalue weighted by Crippen LogP contribution is -2.30. The Balaban J connectivity index is 2.11. The summed E-state index contributed by atoms with van der Waals surface area (Å²) >= 11 is 5.74. The molecule has 0 bridgehead atoms. The van der Waals surface area contributed by atoms with Crippen molar-refractivity contribution in [3.8, 4) is 0 Å². The lowest BCUT2D eigenvalue weighted by Gasteiger charge is -2.21. The number of benzene rings is 1. The number of carbonyl (C=O) groups is 1. The van der Waals surface area contributed by atoms with E-state index in [4.69, 9.17) is 16.7 Å². The molecule has 0 atom stereocenters. The fourth-order valence-corrected chi connectivity index (χ4v) is 3.88. The summed E-state index contributed by atoms with van der Waals surface area (Å²) in [5.74, 6) is -0.885. The highest BCUT2D eigenvalue weighted by Gasteiger charge is 2.21. The zero-order valence-electron chi connectivity index (χ0n) is 11.5. The highest BCUT2D eigenvalue weighted by molar-refractivity contribution is 7.89. The molecule has 0 radical (unpaired) electrons. The van der Waals surface area contributed by atoms with Crippen molar-refractivity contribution >= 4 is 27.6 Å². The summed E-state index contributed by atoms with van der Waals surface area (Å²) in [6.07, 6.45) is 5.54. The Labute approximate surface area is 129 Å². The van der Waals surface area contributed by atoms with Gasteiger partial charge >= 0.3 is 5.97 Å². The number of rotatable bonds is 5. The molecular formula is C14H18ClNO4S. The van der Waals surface area contributed by atoms with Crippen molar-refractivity contribution in [2.24, 2.45) is 5.92 Å². The summed E-state index contributed by atoms with van der Waals surface area (Å²) < 4.78 is 27.0. The van der Waals surface area contributed by atoms with Crippen molar-refractivity contribution in [3.05, 3.63) is 28.8 Å². The number of hydrogen-bond donors (Lipinski definition) is 2. The molecular weight excluding hydrogens is 314 g/mol. The lowest BCUT2D eigenvalue weighted by molar-refractivity contribution is 0.0697. The fourth-order valence-electron chi connectivity index (χ4n) is 2.54. The molecule has 1 aromatic carbocycles. The van der Waals surface area contributed by atoms with E-state index in [0.717, 1.165) is 31.7 Å². The number of halogens is 1. The lowest BCUT2D eigenvalue weighted by atomic mass is 9.90. The van der Waals surface area contributed by atoms with Crippen LogP contribution >= 0.6 is 11.6 Å². The van der Waals surface area contributed by atoms with Crippen LogP contribution in [-0.4, -0.2) is 26.0 Å². The topological polar surface area (TPSA) is 83.5 Å². The third kappa shape index (κ3) is 4.18. The minimum Gasteiger partial charge on any atom is -0.478 e. The number of aromatic carboxylic acids is 1. The second-order valence-corrected chi connectivity index (χ2v) is 7.48. The minimum atomic E-state index is -3.70. The number of carboxylic acids is 1. The molecule has 1 aliphatic carbocycles. The Hall–Kier alpha value is -1.11. The van der Waals surface area contributed by atoms with Gasteiger partial charge < -0.3 is 5.11 Å². The molecule has 5 nitrogen and oxygen atoms in total. The van der Waals surface area contributed by atoms with Gasteiger partial charge in [0.25, 0.3) is 0 Å². The van der Waals surface area contributed by atoms with Crippen molar-refractivity contribution in [2.45, 2.75) is 37.0 Å². The second kappa shape index (κ2) is 6.77. The van der Waals surface area contributed by atoms with Crippen LogP contribution < -0.4 is 4.72 Å². The van der Waals surface area contributed by atoms with Crippen LogP contribution in [0.1, 0.15) is 42.5 Å². The Morgan fingerprint density at radius 1 is 1.29 bits per heavy atom. The van der Waals surface area contributed by atoms with Crippen LogP contribution in [0.4, 0.5) is 0 Å². The molecule has 7 heteroatoms. The maximum absolute atomic E-state index is 12.2. The molecule has 21 heavy (non-hydrogen) atoms. The second-order valence-electron chi connectivity index (χ2n) is 5.30. The zero-order chi connectivity index (χ0) is 15.5. The predicted molar refractivity (Wildman–Crippen MR) is 80.2 cm³/mol. The quantitative estimate of drug-likeness (QED) is 0.869. The first-order valence-electron chi connectivity index (χ1n) is 6.92. The van der Waals surface area contributed by atoms with Gasteiger partial charge in [-0.2, -0.15) is 0 Å². The Morgan fingerprint density at radius 2 is 1.95 bits per heavy atom. The highest BCUT2D eigenvalue weighted by atomic mass is 35.5. The predicted octanol–water partition coefficient (Wildman–Crippen LogP) is 2.90. The van der Waals surface area contributed by atoms with Crippen molar-refractivity contribution in [1.29, 1.82) is 0 Å². The van der Waals surface area contributed by atoms with Crippen LogP contribution in [0.3, 0.4) is 0 Å². The molecule has 1 fully saturated rings. The van der Waals surface area contributed by atoms with Gasteiger partial charge in [-0.3, -0.25) is 0 Å². The molecule has 0 amide bonds. The molecule has 1 aromatic rings.